The number of Topliss-reactive ketones (excluding diaryl/α,β-unsaturated/α-hetero) is 2. The third kappa shape index (κ3) is 7.96. The third-order valence-corrected chi connectivity index (χ3v) is 6.90. The van der Waals surface area contributed by atoms with Crippen molar-refractivity contribution in [3.8, 4) is 0 Å². The maximum Gasteiger partial charge on any atom is 0.158 e. The molecule has 0 heterocycles. The third-order valence-electron chi connectivity index (χ3n) is 6.52. The lowest BCUT2D eigenvalue weighted by Crippen LogP contribution is -2.27. The second kappa shape index (κ2) is 12.4. The average molecular weight is 453 g/mol. The summed E-state index contributed by atoms with van der Waals surface area (Å²) in [6.07, 6.45) is 12.8. The predicted octanol–water partition coefficient (Wildman–Crippen LogP) is 7.19. The van der Waals surface area contributed by atoms with E-state index in [9.17, 15) is 9.59 Å². The molecule has 2 atom stereocenters. The first-order valence-electron chi connectivity index (χ1n) is 12.1. The molecule has 0 N–H and O–H groups in total. The lowest BCUT2D eigenvalue weighted by molar-refractivity contribution is -0.121. The largest absolute Gasteiger partial charge is 0.299 e. The molecule has 0 aromatic heterocycles. The minimum atomic E-state index is -0.270. The second-order valence-corrected chi connectivity index (χ2v) is 10.4. The summed E-state index contributed by atoms with van der Waals surface area (Å²) >= 11 is 0. The number of hydrogen-bond acceptors (Lipinski definition) is 2. The maximum atomic E-state index is 13.1. The number of allylic oxidation sites excluding steroid dienone is 6. The van der Waals surface area contributed by atoms with Gasteiger partial charge in [0.1, 0.15) is 5.78 Å². The van der Waals surface area contributed by atoms with Crippen molar-refractivity contribution >= 4 is 26.1 Å². The molecule has 0 aliphatic heterocycles. The molecule has 2 unspecified atom stereocenters. The fraction of sp³-hybridized carbons (Fsp3) is 0.517. The van der Waals surface area contributed by atoms with Gasteiger partial charge in [0.05, 0.1) is 0 Å². The molecule has 1 aliphatic rings. The Hall–Kier alpha value is -1.79. The number of ketones is 2. The topological polar surface area (TPSA) is 34.1 Å². The molecule has 174 valence electrons. The van der Waals surface area contributed by atoms with Gasteiger partial charge in [-0.15, -0.1) is 9.24 Å². The van der Waals surface area contributed by atoms with Crippen LogP contribution in [0.5, 0.6) is 0 Å². The minimum Gasteiger partial charge on any atom is -0.299 e. The minimum absolute atomic E-state index is 0.242. The highest BCUT2D eigenvalue weighted by Crippen LogP contribution is 2.39. The number of hydrogen-bond donors (Lipinski definition) is 0. The van der Waals surface area contributed by atoms with Crippen molar-refractivity contribution < 1.29 is 9.59 Å². The van der Waals surface area contributed by atoms with Gasteiger partial charge in [-0.1, -0.05) is 62.3 Å². The Kier molecular flexibility index (Phi) is 10.3. The van der Waals surface area contributed by atoms with Crippen LogP contribution in [0.25, 0.3) is 0 Å². The number of carbonyl (C=O) groups is 2. The van der Waals surface area contributed by atoms with Crippen LogP contribution in [0.1, 0.15) is 91.5 Å². The Bertz CT molecular complexity index is 880. The van der Waals surface area contributed by atoms with Crippen LogP contribution in [-0.4, -0.2) is 11.6 Å². The van der Waals surface area contributed by atoms with Crippen LogP contribution in [0, 0.1) is 5.92 Å². The molecular formula is C29H41O2P. The normalized spacial score (nSPS) is 16.1. The van der Waals surface area contributed by atoms with Crippen LogP contribution in [0.3, 0.4) is 0 Å². The molecule has 0 radical (unpaired) electrons. The monoisotopic (exact) mass is 452 g/mol. The Labute approximate surface area is 197 Å². The average Bonchev–Trinajstić information content (AvgIpc) is 3.60. The van der Waals surface area contributed by atoms with Crippen molar-refractivity contribution in [3.63, 3.8) is 0 Å². The van der Waals surface area contributed by atoms with Crippen LogP contribution in [0.2, 0.25) is 0 Å². The summed E-state index contributed by atoms with van der Waals surface area (Å²) in [6.45, 7) is 10.5. The van der Waals surface area contributed by atoms with Crippen molar-refractivity contribution in [3.05, 3.63) is 64.8 Å². The highest BCUT2D eigenvalue weighted by Gasteiger charge is 2.36. The molecule has 1 saturated carbocycles. The Morgan fingerprint density at radius 1 is 1.12 bits per heavy atom. The SMILES string of the molecule is CC=CC(C=C(CCC(C)(CC(=O)C1CC1)c1ccc(P)cc1)C(=O)CCCC)=C(C)C. The molecule has 0 saturated heterocycles. The van der Waals surface area contributed by atoms with E-state index in [2.05, 4.69) is 73.4 Å². The molecule has 1 aromatic rings. The molecule has 0 spiro atoms. The summed E-state index contributed by atoms with van der Waals surface area (Å²) in [5.74, 6) is 0.874. The van der Waals surface area contributed by atoms with Gasteiger partial charge in [0.15, 0.2) is 5.78 Å². The molecule has 32 heavy (non-hydrogen) atoms. The van der Waals surface area contributed by atoms with E-state index in [1.54, 1.807) is 0 Å². The predicted molar refractivity (Wildman–Crippen MR) is 141 cm³/mol. The first kappa shape index (κ1) is 26.5. The van der Waals surface area contributed by atoms with Gasteiger partial charge in [-0.25, -0.2) is 0 Å². The van der Waals surface area contributed by atoms with E-state index in [0.29, 0.717) is 25.0 Å². The van der Waals surface area contributed by atoms with Gasteiger partial charge in [-0.3, -0.25) is 9.59 Å². The summed E-state index contributed by atoms with van der Waals surface area (Å²) in [4.78, 5) is 25.9. The number of rotatable bonds is 13. The number of benzene rings is 1. The summed E-state index contributed by atoms with van der Waals surface area (Å²) in [6, 6.07) is 8.48. The van der Waals surface area contributed by atoms with Gasteiger partial charge in [0, 0.05) is 18.8 Å². The lowest BCUT2D eigenvalue weighted by Gasteiger charge is -2.30. The molecule has 1 aromatic carbocycles. The van der Waals surface area contributed by atoms with Gasteiger partial charge >= 0.3 is 0 Å². The second-order valence-electron chi connectivity index (χ2n) is 9.75. The zero-order valence-corrected chi connectivity index (χ0v) is 21.8. The zero-order valence-electron chi connectivity index (χ0n) is 20.7. The Balaban J connectivity index is 2.35. The van der Waals surface area contributed by atoms with Gasteiger partial charge in [-0.2, -0.15) is 0 Å². The van der Waals surface area contributed by atoms with Crippen molar-refractivity contribution in [2.45, 2.75) is 91.4 Å². The fourth-order valence-corrected chi connectivity index (χ4v) is 4.27. The maximum absolute atomic E-state index is 13.1. The quantitative estimate of drug-likeness (QED) is 0.180. The smallest absolute Gasteiger partial charge is 0.158 e. The highest BCUT2D eigenvalue weighted by atomic mass is 31.0. The number of carbonyl (C=O) groups excluding carboxylic acids is 2. The molecule has 2 nitrogen and oxygen atoms in total. The van der Waals surface area contributed by atoms with Crippen molar-refractivity contribution in [2.24, 2.45) is 5.92 Å². The molecular weight excluding hydrogens is 411 g/mol. The van der Waals surface area contributed by atoms with Gasteiger partial charge in [0.2, 0.25) is 0 Å². The van der Waals surface area contributed by atoms with Gasteiger partial charge in [0.25, 0.3) is 0 Å². The number of unbranched alkanes of at least 4 members (excludes halogenated alkanes) is 1. The summed E-state index contributed by atoms with van der Waals surface area (Å²) in [5.41, 5.74) is 4.12. The van der Waals surface area contributed by atoms with E-state index in [1.807, 2.05) is 13.0 Å². The molecule has 1 aliphatic carbocycles. The van der Waals surface area contributed by atoms with E-state index in [4.69, 9.17) is 0 Å². The zero-order chi connectivity index (χ0) is 23.7. The van der Waals surface area contributed by atoms with Gasteiger partial charge < -0.3 is 0 Å². The van der Waals surface area contributed by atoms with E-state index in [-0.39, 0.29) is 17.1 Å². The molecule has 3 heteroatoms. The Morgan fingerprint density at radius 3 is 2.31 bits per heavy atom. The molecule has 1 fully saturated rings. The van der Waals surface area contributed by atoms with Crippen LogP contribution < -0.4 is 5.30 Å². The standard InChI is InChI=1S/C29H41O2P/c1-6-8-10-27(30)24(19-23(9-7-2)21(3)4)17-18-29(5,20-28(31)22-11-12-22)25-13-15-26(32)16-14-25/h7,9,13-16,19,22H,6,8,10-12,17-18,20,32H2,1-5H3. The molecule has 0 bridgehead atoms. The van der Waals surface area contributed by atoms with Crippen molar-refractivity contribution in [2.75, 3.05) is 0 Å². The van der Waals surface area contributed by atoms with Gasteiger partial charge in [-0.05, 0) is 86.4 Å². The molecule has 0 amide bonds. The highest BCUT2D eigenvalue weighted by molar-refractivity contribution is 7.27. The summed E-state index contributed by atoms with van der Waals surface area (Å²) < 4.78 is 0. The van der Waals surface area contributed by atoms with Crippen LogP contribution in [0.15, 0.2) is 59.2 Å². The molecule has 2 rings (SSSR count). The first-order chi connectivity index (χ1) is 15.2. The Morgan fingerprint density at radius 2 is 1.78 bits per heavy atom. The van der Waals surface area contributed by atoms with E-state index in [1.165, 1.54) is 11.1 Å². The lowest BCUT2D eigenvalue weighted by atomic mass is 9.73. The van der Waals surface area contributed by atoms with Crippen LogP contribution in [-0.2, 0) is 15.0 Å². The summed E-state index contributed by atoms with van der Waals surface area (Å²) in [7, 11) is 2.73. The van der Waals surface area contributed by atoms with Crippen molar-refractivity contribution in [1.82, 2.24) is 0 Å². The van der Waals surface area contributed by atoms with Crippen molar-refractivity contribution in [1.29, 1.82) is 0 Å². The van der Waals surface area contributed by atoms with E-state index >= 15 is 0 Å². The first-order valence-corrected chi connectivity index (χ1v) is 12.7. The van der Waals surface area contributed by atoms with E-state index < -0.39 is 0 Å². The van der Waals surface area contributed by atoms with Crippen LogP contribution in [0.4, 0.5) is 0 Å². The fourth-order valence-electron chi connectivity index (χ4n) is 4.08. The summed E-state index contributed by atoms with van der Waals surface area (Å²) in [5, 5.41) is 1.14. The van der Waals surface area contributed by atoms with E-state index in [0.717, 1.165) is 48.6 Å². The van der Waals surface area contributed by atoms with Crippen LogP contribution >= 0.6 is 9.24 Å².